The molecule has 6 nitrogen and oxygen atoms in total. The van der Waals surface area contributed by atoms with E-state index in [2.05, 4.69) is 4.99 Å². The highest BCUT2D eigenvalue weighted by Gasteiger charge is 2.26. The van der Waals surface area contributed by atoms with E-state index in [1.807, 2.05) is 31.2 Å². The molecule has 0 saturated heterocycles. The number of rotatable bonds is 6. The predicted octanol–water partition coefficient (Wildman–Crippen LogP) is 3.45. The molecule has 3 rings (SSSR count). The van der Waals surface area contributed by atoms with Gasteiger partial charge in [-0.2, -0.15) is 0 Å². The maximum absolute atomic E-state index is 12.2. The largest absolute Gasteiger partial charge is 0.493 e. The minimum Gasteiger partial charge on any atom is -0.493 e. The summed E-state index contributed by atoms with van der Waals surface area (Å²) in [5.41, 5.74) is 1.59. The number of nitrogens with zero attached hydrogens (tertiary/aromatic N) is 1. The number of aliphatic imine (C=N–C) groups is 1. The summed E-state index contributed by atoms with van der Waals surface area (Å²) in [5, 5.41) is 0. The summed E-state index contributed by atoms with van der Waals surface area (Å²) < 4.78 is 21.4. The van der Waals surface area contributed by atoms with Gasteiger partial charge in [0.2, 0.25) is 5.90 Å². The van der Waals surface area contributed by atoms with E-state index >= 15 is 0 Å². The molecule has 1 heterocycles. The average Bonchev–Trinajstić information content (AvgIpc) is 3.02. The lowest BCUT2D eigenvalue weighted by atomic mass is 10.1. The molecule has 1 aliphatic rings. The van der Waals surface area contributed by atoms with Crippen LogP contribution in [0, 0.1) is 0 Å². The van der Waals surface area contributed by atoms with Crippen LogP contribution < -0.4 is 14.2 Å². The van der Waals surface area contributed by atoms with Crippen LogP contribution in [0.15, 0.2) is 53.2 Å². The van der Waals surface area contributed by atoms with E-state index < -0.39 is 5.97 Å². The average molecular weight is 353 g/mol. The van der Waals surface area contributed by atoms with Gasteiger partial charge in [-0.25, -0.2) is 9.79 Å². The minimum absolute atomic E-state index is 0.207. The smallest absolute Gasteiger partial charge is 0.363 e. The van der Waals surface area contributed by atoms with Crippen molar-refractivity contribution >= 4 is 17.9 Å². The van der Waals surface area contributed by atoms with E-state index in [-0.39, 0.29) is 11.6 Å². The standard InChI is InChI=1S/C20H19NO5/c1-4-25-16-8-6-5-7-14(16)19-21-15(20(22)26-19)11-13-9-10-17(23-2)18(12-13)24-3/h5-12H,4H2,1-3H3/b15-11-. The first kappa shape index (κ1) is 17.5. The number of carbonyl (C=O) groups excluding carboxylic acids is 1. The van der Waals surface area contributed by atoms with Gasteiger partial charge in [-0.3, -0.25) is 0 Å². The number of methoxy groups -OCH3 is 2. The predicted molar refractivity (Wildman–Crippen MR) is 97.8 cm³/mol. The lowest BCUT2D eigenvalue weighted by Crippen LogP contribution is -2.07. The minimum atomic E-state index is -0.513. The molecule has 0 atom stereocenters. The molecule has 6 heteroatoms. The Hall–Kier alpha value is -3.28. The first-order chi connectivity index (χ1) is 12.7. The van der Waals surface area contributed by atoms with E-state index in [9.17, 15) is 4.79 Å². The summed E-state index contributed by atoms with van der Waals surface area (Å²) in [7, 11) is 3.12. The van der Waals surface area contributed by atoms with E-state index in [1.54, 1.807) is 38.5 Å². The molecule has 26 heavy (non-hydrogen) atoms. The van der Waals surface area contributed by atoms with Gasteiger partial charge in [0.05, 0.1) is 26.4 Å². The van der Waals surface area contributed by atoms with Gasteiger partial charge < -0.3 is 18.9 Å². The zero-order chi connectivity index (χ0) is 18.5. The van der Waals surface area contributed by atoms with Crippen molar-refractivity contribution in [1.82, 2.24) is 0 Å². The molecule has 1 aliphatic heterocycles. The Morgan fingerprint density at radius 1 is 1.04 bits per heavy atom. The third-order valence-electron chi connectivity index (χ3n) is 3.75. The van der Waals surface area contributed by atoms with Gasteiger partial charge >= 0.3 is 5.97 Å². The normalized spacial score (nSPS) is 14.8. The van der Waals surface area contributed by atoms with Crippen LogP contribution in [-0.4, -0.2) is 32.7 Å². The first-order valence-corrected chi connectivity index (χ1v) is 8.13. The van der Waals surface area contributed by atoms with Gasteiger partial charge in [0.25, 0.3) is 0 Å². The van der Waals surface area contributed by atoms with Gasteiger partial charge in [-0.15, -0.1) is 0 Å². The Kier molecular flexibility index (Phi) is 5.22. The van der Waals surface area contributed by atoms with Crippen LogP contribution in [-0.2, 0) is 9.53 Å². The maximum Gasteiger partial charge on any atom is 0.363 e. The fraction of sp³-hybridized carbons (Fsp3) is 0.200. The van der Waals surface area contributed by atoms with Crippen LogP contribution >= 0.6 is 0 Å². The Bertz CT molecular complexity index is 886. The number of carbonyl (C=O) groups is 1. The highest BCUT2D eigenvalue weighted by Crippen LogP contribution is 2.30. The lowest BCUT2D eigenvalue weighted by Gasteiger charge is -2.08. The second-order valence-electron chi connectivity index (χ2n) is 5.38. The summed E-state index contributed by atoms with van der Waals surface area (Å²) in [5.74, 6) is 1.51. The van der Waals surface area contributed by atoms with Gasteiger partial charge in [0.1, 0.15) is 5.75 Å². The summed E-state index contributed by atoms with van der Waals surface area (Å²) in [6.07, 6.45) is 1.64. The van der Waals surface area contributed by atoms with Crippen molar-refractivity contribution in [2.24, 2.45) is 4.99 Å². The van der Waals surface area contributed by atoms with E-state index in [0.29, 0.717) is 29.4 Å². The molecule has 134 valence electrons. The van der Waals surface area contributed by atoms with Crippen molar-refractivity contribution in [3.8, 4) is 17.2 Å². The number of cyclic esters (lactones) is 1. The number of ether oxygens (including phenoxy) is 4. The zero-order valence-electron chi connectivity index (χ0n) is 14.8. The van der Waals surface area contributed by atoms with Crippen molar-refractivity contribution in [3.63, 3.8) is 0 Å². The van der Waals surface area contributed by atoms with Crippen molar-refractivity contribution in [2.45, 2.75) is 6.92 Å². The van der Waals surface area contributed by atoms with E-state index in [0.717, 1.165) is 5.56 Å². The van der Waals surface area contributed by atoms with Gasteiger partial charge in [-0.05, 0) is 42.8 Å². The van der Waals surface area contributed by atoms with Crippen LogP contribution in [0.1, 0.15) is 18.1 Å². The van der Waals surface area contributed by atoms with Gasteiger partial charge in [0, 0.05) is 0 Å². The van der Waals surface area contributed by atoms with Crippen molar-refractivity contribution in [3.05, 3.63) is 59.3 Å². The number of benzene rings is 2. The van der Waals surface area contributed by atoms with E-state index in [1.165, 1.54) is 0 Å². The highest BCUT2D eigenvalue weighted by molar-refractivity contribution is 6.13. The summed E-state index contributed by atoms with van der Waals surface area (Å²) in [6, 6.07) is 12.6. The van der Waals surface area contributed by atoms with Crippen LogP contribution in [0.4, 0.5) is 0 Å². The molecule has 0 spiro atoms. The molecule has 2 aromatic rings. The quantitative estimate of drug-likeness (QED) is 0.588. The Morgan fingerprint density at radius 3 is 2.54 bits per heavy atom. The SMILES string of the molecule is CCOc1ccccc1C1=N/C(=C\c2ccc(OC)c(OC)c2)C(=O)O1. The molecule has 0 amide bonds. The second kappa shape index (κ2) is 7.74. The van der Waals surface area contributed by atoms with Crippen molar-refractivity contribution in [2.75, 3.05) is 20.8 Å². The molecule has 0 N–H and O–H groups in total. The third kappa shape index (κ3) is 3.54. The number of para-hydroxylation sites is 1. The second-order valence-corrected chi connectivity index (χ2v) is 5.38. The number of esters is 1. The van der Waals surface area contributed by atoms with E-state index in [4.69, 9.17) is 18.9 Å². The fourth-order valence-electron chi connectivity index (χ4n) is 2.55. The highest BCUT2D eigenvalue weighted by atomic mass is 16.6. The summed E-state index contributed by atoms with van der Waals surface area (Å²) in [4.78, 5) is 16.5. The Morgan fingerprint density at radius 2 is 1.81 bits per heavy atom. The fourth-order valence-corrected chi connectivity index (χ4v) is 2.55. The molecule has 2 aromatic carbocycles. The van der Waals surface area contributed by atoms with Crippen molar-refractivity contribution < 1.29 is 23.7 Å². The van der Waals surface area contributed by atoms with Crippen LogP contribution in [0.25, 0.3) is 6.08 Å². The molecule has 0 saturated carbocycles. The number of hydrogen-bond acceptors (Lipinski definition) is 6. The molecule has 0 aromatic heterocycles. The molecular formula is C20H19NO5. The van der Waals surface area contributed by atoms with Crippen LogP contribution in [0.5, 0.6) is 17.2 Å². The first-order valence-electron chi connectivity index (χ1n) is 8.13. The molecular weight excluding hydrogens is 334 g/mol. The molecule has 0 radical (unpaired) electrons. The number of hydrogen-bond donors (Lipinski definition) is 0. The summed E-state index contributed by atoms with van der Waals surface area (Å²) >= 11 is 0. The lowest BCUT2D eigenvalue weighted by molar-refractivity contribution is -0.129. The summed E-state index contributed by atoms with van der Waals surface area (Å²) in [6.45, 7) is 2.40. The molecule has 0 aliphatic carbocycles. The van der Waals surface area contributed by atoms with Crippen LogP contribution in [0.2, 0.25) is 0 Å². The van der Waals surface area contributed by atoms with Crippen LogP contribution in [0.3, 0.4) is 0 Å². The zero-order valence-corrected chi connectivity index (χ0v) is 14.8. The van der Waals surface area contributed by atoms with Gasteiger partial charge in [0.15, 0.2) is 17.2 Å². The van der Waals surface area contributed by atoms with Gasteiger partial charge in [-0.1, -0.05) is 18.2 Å². The topological polar surface area (TPSA) is 66.3 Å². The molecule has 0 fully saturated rings. The monoisotopic (exact) mass is 353 g/mol. The molecule has 0 unspecified atom stereocenters. The maximum atomic E-state index is 12.2. The van der Waals surface area contributed by atoms with Crippen molar-refractivity contribution in [1.29, 1.82) is 0 Å². The Balaban J connectivity index is 1.95. The third-order valence-corrected chi connectivity index (χ3v) is 3.75. The molecule has 0 bridgehead atoms. The Labute approximate surface area is 151 Å².